The molecule has 0 saturated heterocycles. The molecule has 6 rings (SSSR count). The second kappa shape index (κ2) is 6.14. The molecule has 2 heteroatoms. The van der Waals surface area contributed by atoms with Gasteiger partial charge < -0.3 is 0 Å². The first kappa shape index (κ1) is 15.8. The summed E-state index contributed by atoms with van der Waals surface area (Å²) in [4.78, 5) is 5.03. The molecule has 0 aliphatic heterocycles. The third-order valence-corrected chi connectivity index (χ3v) is 5.96. The molecule has 1 nitrogen and oxygen atoms in total. The van der Waals surface area contributed by atoms with Crippen molar-refractivity contribution >= 4 is 40.8 Å². The van der Waals surface area contributed by atoms with Gasteiger partial charge in [0.05, 0.1) is 0 Å². The van der Waals surface area contributed by atoms with Crippen molar-refractivity contribution in [3.8, 4) is 0 Å². The summed E-state index contributed by atoms with van der Waals surface area (Å²) in [5.74, 6) is 0.211. The van der Waals surface area contributed by atoms with Crippen molar-refractivity contribution in [3.05, 3.63) is 107 Å². The third-order valence-electron chi connectivity index (χ3n) is 5.96. The first-order valence-electron chi connectivity index (χ1n) is 9.81. The van der Waals surface area contributed by atoms with E-state index in [1.807, 2.05) is 0 Å². The summed E-state index contributed by atoms with van der Waals surface area (Å²) in [5, 5.41) is 5.28. The van der Waals surface area contributed by atoms with Gasteiger partial charge in [0.1, 0.15) is 0 Å². The normalized spacial score (nSPS) is 19.4. The van der Waals surface area contributed by atoms with Gasteiger partial charge in [0.15, 0.2) is 0 Å². The van der Waals surface area contributed by atoms with Crippen molar-refractivity contribution in [2.45, 2.75) is 11.9 Å². The van der Waals surface area contributed by atoms with Crippen LogP contribution in [0, 0.1) is 0 Å². The SMILES string of the molecule is B(=NC1C=Cc2cccc3cccc1c23)C1C=Cc2cccc3cccc1c23. The number of benzene rings is 4. The fraction of sp³-hybridized carbons (Fsp3) is 0.0769. The van der Waals surface area contributed by atoms with E-state index in [9.17, 15) is 0 Å². The molecule has 2 aliphatic carbocycles. The predicted molar refractivity (Wildman–Crippen MR) is 120 cm³/mol. The van der Waals surface area contributed by atoms with E-state index in [1.165, 1.54) is 43.8 Å². The summed E-state index contributed by atoms with van der Waals surface area (Å²) in [6.45, 7) is 0. The van der Waals surface area contributed by atoms with Crippen LogP contribution in [0.2, 0.25) is 0 Å². The van der Waals surface area contributed by atoms with Gasteiger partial charge in [-0.05, 0) is 0 Å². The van der Waals surface area contributed by atoms with Crippen molar-refractivity contribution in [1.29, 1.82) is 0 Å². The van der Waals surface area contributed by atoms with Gasteiger partial charge in [0.2, 0.25) is 0 Å². The molecule has 0 aromatic heterocycles. The molecule has 0 amide bonds. The van der Waals surface area contributed by atoms with Crippen LogP contribution in [0.1, 0.15) is 34.1 Å². The first-order valence-corrected chi connectivity index (χ1v) is 9.81. The summed E-state index contributed by atoms with van der Waals surface area (Å²) in [6, 6.07) is 26.2. The molecule has 4 aromatic rings. The Morgan fingerprint density at radius 1 is 0.607 bits per heavy atom. The maximum atomic E-state index is 5.03. The number of rotatable bonds is 2. The van der Waals surface area contributed by atoms with E-state index in [0.717, 1.165) is 0 Å². The zero-order chi connectivity index (χ0) is 18.5. The Morgan fingerprint density at radius 3 is 1.89 bits per heavy atom. The number of hydrogen-bond acceptors (Lipinski definition) is 1. The second-order valence-electron chi connectivity index (χ2n) is 7.57. The van der Waals surface area contributed by atoms with E-state index in [4.69, 9.17) is 4.90 Å². The van der Waals surface area contributed by atoms with E-state index in [2.05, 4.69) is 104 Å². The Labute approximate surface area is 165 Å². The van der Waals surface area contributed by atoms with Gasteiger partial charge in [-0.3, -0.25) is 0 Å². The van der Waals surface area contributed by atoms with Gasteiger partial charge in [0, 0.05) is 0 Å². The summed E-state index contributed by atoms with van der Waals surface area (Å²) in [6.07, 6.45) is 8.93. The molecule has 2 unspecified atom stereocenters. The second-order valence-corrected chi connectivity index (χ2v) is 7.57. The molecular formula is C26H18BN. The molecule has 28 heavy (non-hydrogen) atoms. The van der Waals surface area contributed by atoms with Crippen LogP contribution in [-0.2, 0) is 0 Å². The fourth-order valence-electron chi connectivity index (χ4n) is 4.66. The van der Waals surface area contributed by atoms with E-state index in [-0.39, 0.29) is 11.9 Å². The summed E-state index contributed by atoms with van der Waals surface area (Å²) in [5.41, 5.74) is 5.23. The van der Waals surface area contributed by atoms with Crippen molar-refractivity contribution in [1.82, 2.24) is 0 Å². The zero-order valence-corrected chi connectivity index (χ0v) is 15.4. The Bertz CT molecular complexity index is 1220. The van der Waals surface area contributed by atoms with Crippen LogP contribution in [0.3, 0.4) is 0 Å². The van der Waals surface area contributed by atoms with Gasteiger partial charge >= 0.3 is 165 Å². The topological polar surface area (TPSA) is 12.4 Å². The van der Waals surface area contributed by atoms with Crippen molar-refractivity contribution < 1.29 is 0 Å². The third kappa shape index (κ3) is 2.34. The number of nitrogens with zero attached hydrogens (tertiary/aromatic N) is 1. The fourth-order valence-corrected chi connectivity index (χ4v) is 4.66. The van der Waals surface area contributed by atoms with Crippen molar-refractivity contribution in [2.24, 2.45) is 4.90 Å². The molecular weight excluding hydrogens is 337 g/mol. The van der Waals surface area contributed by atoms with Crippen LogP contribution in [-0.4, -0.2) is 7.07 Å². The first-order chi connectivity index (χ1) is 13.9. The molecule has 130 valence electrons. The standard InChI is InChI=1S/C26H18BN/c1-5-17-9-3-11-21-23(15-13-19(7-1)25(17)21)27-28-24-16-14-20-8-2-6-18-10-4-12-22(24)26(18)20/h1-16,23-24H. The van der Waals surface area contributed by atoms with E-state index >= 15 is 0 Å². The molecule has 0 radical (unpaired) electrons. The summed E-state index contributed by atoms with van der Waals surface area (Å²) < 4.78 is 0. The zero-order valence-electron chi connectivity index (χ0n) is 15.4. The minimum atomic E-state index is 0.0726. The number of hydrogen-bond donors (Lipinski definition) is 0. The average molecular weight is 355 g/mol. The monoisotopic (exact) mass is 355 g/mol. The molecule has 0 saturated carbocycles. The Kier molecular flexibility index (Phi) is 3.46. The molecule has 0 fully saturated rings. The van der Waals surface area contributed by atoms with Crippen LogP contribution in [0.4, 0.5) is 0 Å². The molecule has 0 N–H and O–H groups in total. The summed E-state index contributed by atoms with van der Waals surface area (Å²) in [7, 11) is 2.13. The molecule has 0 heterocycles. The van der Waals surface area contributed by atoms with E-state index < -0.39 is 0 Å². The van der Waals surface area contributed by atoms with Crippen molar-refractivity contribution in [3.63, 3.8) is 0 Å². The van der Waals surface area contributed by atoms with Crippen LogP contribution < -0.4 is 0 Å². The van der Waals surface area contributed by atoms with Gasteiger partial charge in [-0.15, -0.1) is 0 Å². The molecule has 0 spiro atoms. The Morgan fingerprint density at radius 2 is 1.18 bits per heavy atom. The van der Waals surface area contributed by atoms with Gasteiger partial charge in [0.25, 0.3) is 0 Å². The quantitative estimate of drug-likeness (QED) is 0.354. The minimum absolute atomic E-state index is 0.0726. The van der Waals surface area contributed by atoms with Gasteiger partial charge in [-0.25, -0.2) is 0 Å². The van der Waals surface area contributed by atoms with Gasteiger partial charge in [-0.2, -0.15) is 0 Å². The number of allylic oxidation sites excluding steroid dienone is 1. The average Bonchev–Trinajstić information content (AvgIpc) is 2.75. The van der Waals surface area contributed by atoms with Crippen molar-refractivity contribution in [2.75, 3.05) is 0 Å². The predicted octanol–water partition coefficient (Wildman–Crippen LogP) is 6.72. The molecule has 2 aliphatic rings. The van der Waals surface area contributed by atoms with E-state index in [1.54, 1.807) is 0 Å². The van der Waals surface area contributed by atoms with Crippen LogP contribution >= 0.6 is 0 Å². The maximum absolute atomic E-state index is 5.03. The van der Waals surface area contributed by atoms with Gasteiger partial charge in [-0.1, -0.05) is 0 Å². The Balaban J connectivity index is 1.42. The molecule has 4 aromatic carbocycles. The molecule has 2 atom stereocenters. The van der Waals surface area contributed by atoms with Crippen LogP contribution in [0.5, 0.6) is 0 Å². The van der Waals surface area contributed by atoms with Crippen LogP contribution in [0.15, 0.2) is 89.8 Å². The molecule has 0 bridgehead atoms. The Hall–Kier alpha value is -3.26. The summed E-state index contributed by atoms with van der Waals surface area (Å²) >= 11 is 0. The van der Waals surface area contributed by atoms with Crippen LogP contribution in [0.25, 0.3) is 33.7 Å². The van der Waals surface area contributed by atoms with E-state index in [0.29, 0.717) is 0 Å².